The molecule has 2 fully saturated rings. The van der Waals surface area contributed by atoms with Crippen molar-refractivity contribution in [1.29, 1.82) is 0 Å². The molecule has 0 radical (unpaired) electrons. The summed E-state index contributed by atoms with van der Waals surface area (Å²) in [5.74, 6) is -0.130. The molecular formula is C23H30N4O4S. The minimum atomic E-state index is -3.60. The van der Waals surface area contributed by atoms with Crippen LogP contribution in [-0.2, 0) is 10.0 Å². The average molecular weight is 459 g/mol. The lowest BCUT2D eigenvalue weighted by molar-refractivity contribution is 0.0740. The number of H-pyrrole nitrogens is 1. The Morgan fingerprint density at radius 3 is 2.06 bits per heavy atom. The first kappa shape index (κ1) is 22.5. The first-order chi connectivity index (χ1) is 15.2. The molecule has 4 rings (SSSR count). The van der Waals surface area contributed by atoms with Gasteiger partial charge in [0.05, 0.1) is 0 Å². The predicted molar refractivity (Wildman–Crippen MR) is 123 cm³/mol. The number of aryl methyl sites for hydroxylation is 1. The van der Waals surface area contributed by atoms with E-state index in [4.69, 9.17) is 0 Å². The van der Waals surface area contributed by atoms with E-state index in [2.05, 4.69) is 9.88 Å². The van der Waals surface area contributed by atoms with Gasteiger partial charge in [0.2, 0.25) is 10.0 Å². The van der Waals surface area contributed by atoms with Crippen molar-refractivity contribution in [3.8, 4) is 0 Å². The van der Waals surface area contributed by atoms with Crippen LogP contribution in [-0.4, -0.2) is 73.6 Å². The van der Waals surface area contributed by atoms with Gasteiger partial charge in [-0.15, -0.1) is 0 Å². The van der Waals surface area contributed by atoms with Crippen LogP contribution in [0.5, 0.6) is 0 Å². The van der Waals surface area contributed by atoms with Crippen molar-refractivity contribution in [2.45, 2.75) is 38.5 Å². The largest absolute Gasteiger partial charge is 0.368 e. The van der Waals surface area contributed by atoms with Crippen molar-refractivity contribution in [1.82, 2.24) is 14.2 Å². The van der Waals surface area contributed by atoms with E-state index in [1.54, 1.807) is 25.7 Å². The van der Waals surface area contributed by atoms with E-state index in [0.29, 0.717) is 61.8 Å². The minimum Gasteiger partial charge on any atom is -0.368 e. The highest BCUT2D eigenvalue weighted by Gasteiger charge is 2.34. The lowest BCUT2D eigenvalue weighted by Gasteiger charge is -2.36. The minimum absolute atomic E-state index is 0.0368. The monoisotopic (exact) mass is 458 g/mol. The molecule has 0 atom stereocenters. The van der Waals surface area contributed by atoms with Crippen LogP contribution in [0.15, 0.2) is 29.2 Å². The van der Waals surface area contributed by atoms with Gasteiger partial charge in [0, 0.05) is 56.2 Å². The number of carbonyl (C=O) groups excluding carboxylic acids is 2. The molecule has 2 aromatic rings. The number of sulfonamides is 1. The molecule has 2 saturated heterocycles. The van der Waals surface area contributed by atoms with E-state index in [0.717, 1.165) is 18.5 Å². The third kappa shape index (κ3) is 4.06. The van der Waals surface area contributed by atoms with Crippen molar-refractivity contribution in [3.05, 3.63) is 46.8 Å². The first-order valence-corrected chi connectivity index (χ1v) is 12.5. The number of hydrogen-bond donors (Lipinski definition) is 1. The van der Waals surface area contributed by atoms with E-state index in [9.17, 15) is 18.0 Å². The van der Waals surface area contributed by atoms with Crippen molar-refractivity contribution in [2.24, 2.45) is 0 Å². The van der Waals surface area contributed by atoms with Gasteiger partial charge in [-0.1, -0.05) is 0 Å². The summed E-state index contributed by atoms with van der Waals surface area (Å²) in [6.07, 6.45) is 1.74. The number of Topliss-reactive ketones (excluding diaryl/α,β-unsaturated/α-hetero) is 1. The third-order valence-electron chi connectivity index (χ3n) is 6.45. The van der Waals surface area contributed by atoms with E-state index >= 15 is 0 Å². The highest BCUT2D eigenvalue weighted by Crippen LogP contribution is 2.29. The van der Waals surface area contributed by atoms with Gasteiger partial charge in [-0.05, 0) is 63.4 Å². The Morgan fingerprint density at radius 2 is 1.50 bits per heavy atom. The maximum absolute atomic E-state index is 13.2. The summed E-state index contributed by atoms with van der Waals surface area (Å²) in [5.41, 5.74) is 3.08. The zero-order chi connectivity index (χ0) is 23.0. The molecule has 1 aromatic heterocycles. The molecular weight excluding hydrogens is 428 g/mol. The van der Waals surface area contributed by atoms with Gasteiger partial charge in [-0.2, -0.15) is 4.31 Å². The molecule has 2 aliphatic rings. The van der Waals surface area contributed by atoms with Crippen molar-refractivity contribution >= 4 is 27.4 Å². The molecule has 172 valence electrons. The second kappa shape index (κ2) is 8.71. The number of rotatable bonds is 5. The number of carbonyl (C=O) groups is 2. The standard InChI is InChI=1S/C23H30N4O4S/c1-16-21(24-17(2)22(16)32(30,31)27-10-4-5-11-27)23(29)26-14-12-25(13-15-26)20-8-6-19(7-9-20)18(3)28/h6-9,24H,4-5,10-15H2,1-3H3. The molecule has 1 aromatic carbocycles. The molecule has 1 amide bonds. The smallest absolute Gasteiger partial charge is 0.270 e. The number of hydrogen-bond acceptors (Lipinski definition) is 5. The second-order valence-corrected chi connectivity index (χ2v) is 10.4. The summed E-state index contributed by atoms with van der Waals surface area (Å²) in [7, 11) is -3.60. The SMILES string of the molecule is CC(=O)c1ccc(N2CCN(C(=O)c3[nH]c(C)c(S(=O)(=O)N4CCCC4)c3C)CC2)cc1. The van der Waals surface area contributed by atoms with E-state index in [1.807, 2.05) is 24.3 Å². The topological polar surface area (TPSA) is 93.8 Å². The number of benzene rings is 1. The van der Waals surface area contributed by atoms with Crippen molar-refractivity contribution in [2.75, 3.05) is 44.2 Å². The Kier molecular flexibility index (Phi) is 6.13. The Hall–Kier alpha value is -2.65. The third-order valence-corrected chi connectivity index (χ3v) is 8.62. The van der Waals surface area contributed by atoms with Gasteiger partial charge in [-0.3, -0.25) is 9.59 Å². The number of nitrogens with zero attached hydrogens (tertiary/aromatic N) is 3. The molecule has 0 saturated carbocycles. The van der Waals surface area contributed by atoms with Gasteiger partial charge < -0.3 is 14.8 Å². The molecule has 0 aliphatic carbocycles. The van der Waals surface area contributed by atoms with Crippen LogP contribution in [0.3, 0.4) is 0 Å². The molecule has 2 aliphatic heterocycles. The van der Waals surface area contributed by atoms with Crippen molar-refractivity contribution < 1.29 is 18.0 Å². The van der Waals surface area contributed by atoms with Crippen LogP contribution in [0.2, 0.25) is 0 Å². The first-order valence-electron chi connectivity index (χ1n) is 11.0. The van der Waals surface area contributed by atoms with Gasteiger partial charge in [0.1, 0.15) is 10.6 Å². The van der Waals surface area contributed by atoms with Gasteiger partial charge >= 0.3 is 0 Å². The maximum Gasteiger partial charge on any atom is 0.270 e. The zero-order valence-corrected chi connectivity index (χ0v) is 19.7. The highest BCUT2D eigenvalue weighted by molar-refractivity contribution is 7.89. The molecule has 0 bridgehead atoms. The van der Waals surface area contributed by atoms with Crippen LogP contribution in [0, 0.1) is 13.8 Å². The number of piperazine rings is 1. The summed E-state index contributed by atoms with van der Waals surface area (Å²) in [5, 5.41) is 0. The van der Waals surface area contributed by atoms with Gasteiger partial charge in [0.15, 0.2) is 5.78 Å². The second-order valence-electron chi connectivity index (χ2n) is 8.57. The molecule has 0 unspecified atom stereocenters. The lowest BCUT2D eigenvalue weighted by atomic mass is 10.1. The molecule has 9 heteroatoms. The van der Waals surface area contributed by atoms with Crippen molar-refractivity contribution in [3.63, 3.8) is 0 Å². The van der Waals surface area contributed by atoms with Crippen LogP contribution in [0.25, 0.3) is 0 Å². The fourth-order valence-electron chi connectivity index (χ4n) is 4.62. The molecule has 1 N–H and O–H groups in total. The Balaban J connectivity index is 1.47. The van der Waals surface area contributed by atoms with Crippen LogP contribution in [0.4, 0.5) is 5.69 Å². The van der Waals surface area contributed by atoms with E-state index in [-0.39, 0.29) is 16.6 Å². The summed E-state index contributed by atoms with van der Waals surface area (Å²) < 4.78 is 27.7. The fourth-order valence-corrected chi connectivity index (χ4v) is 6.55. The number of anilines is 1. The zero-order valence-electron chi connectivity index (χ0n) is 18.8. The van der Waals surface area contributed by atoms with E-state index < -0.39 is 10.0 Å². The summed E-state index contributed by atoms with van der Waals surface area (Å²) in [6, 6.07) is 7.51. The Labute approximate surface area is 189 Å². The Bertz CT molecular complexity index is 1120. The number of aromatic amines is 1. The molecule has 3 heterocycles. The summed E-state index contributed by atoms with van der Waals surface area (Å²) >= 11 is 0. The average Bonchev–Trinajstić information content (AvgIpc) is 3.42. The lowest BCUT2D eigenvalue weighted by Crippen LogP contribution is -2.49. The summed E-state index contributed by atoms with van der Waals surface area (Å²) in [4.78, 5) is 32.0. The maximum atomic E-state index is 13.2. The number of ketones is 1. The van der Waals surface area contributed by atoms with Crippen LogP contribution in [0.1, 0.15) is 51.9 Å². The number of aromatic nitrogens is 1. The number of nitrogens with one attached hydrogen (secondary N) is 1. The van der Waals surface area contributed by atoms with Crippen LogP contribution >= 0.6 is 0 Å². The molecule has 8 nitrogen and oxygen atoms in total. The molecule has 0 spiro atoms. The van der Waals surface area contributed by atoms with E-state index in [1.165, 1.54) is 4.31 Å². The quantitative estimate of drug-likeness (QED) is 0.695. The van der Waals surface area contributed by atoms with Gasteiger partial charge in [0.25, 0.3) is 5.91 Å². The highest BCUT2D eigenvalue weighted by atomic mass is 32.2. The number of amides is 1. The van der Waals surface area contributed by atoms with Crippen LogP contribution < -0.4 is 4.90 Å². The Morgan fingerprint density at radius 1 is 0.906 bits per heavy atom. The normalized spacial score (nSPS) is 17.7. The fraction of sp³-hybridized carbons (Fsp3) is 0.478. The van der Waals surface area contributed by atoms with Gasteiger partial charge in [-0.25, -0.2) is 8.42 Å². The molecule has 32 heavy (non-hydrogen) atoms. The summed E-state index contributed by atoms with van der Waals surface area (Å²) in [6.45, 7) is 8.47. The predicted octanol–water partition coefficient (Wildman–Crippen LogP) is 2.58.